The third kappa shape index (κ3) is 8.18. The summed E-state index contributed by atoms with van der Waals surface area (Å²) in [7, 11) is 4.58. The van der Waals surface area contributed by atoms with Crippen LogP contribution in [0.2, 0.25) is 0 Å². The van der Waals surface area contributed by atoms with E-state index in [0.29, 0.717) is 0 Å². The van der Waals surface area contributed by atoms with Gasteiger partial charge in [-0.05, 0) is 26.9 Å². The van der Waals surface area contributed by atoms with Gasteiger partial charge < -0.3 is 9.80 Å². The molecule has 126 valence electrons. The van der Waals surface area contributed by atoms with E-state index in [2.05, 4.69) is 42.6 Å². The maximum atomic E-state index is 2.64. The molecule has 0 aromatic rings. The predicted molar refractivity (Wildman–Crippen MR) is 94.0 cm³/mol. The van der Waals surface area contributed by atoms with Gasteiger partial charge in [0.15, 0.2) is 0 Å². The number of unbranched alkanes of at least 4 members (excludes halogenated alkanes) is 3. The van der Waals surface area contributed by atoms with Crippen LogP contribution in [-0.4, -0.2) is 74.1 Å². The first kappa shape index (κ1) is 18.9. The molecule has 0 aromatic heterocycles. The Morgan fingerprint density at radius 2 is 1.52 bits per heavy atom. The van der Waals surface area contributed by atoms with Gasteiger partial charge in [0, 0.05) is 45.3 Å². The highest BCUT2D eigenvalue weighted by Crippen LogP contribution is 2.15. The molecule has 0 N–H and O–H groups in total. The Hall–Kier alpha value is -0.120. The van der Waals surface area contributed by atoms with E-state index in [-0.39, 0.29) is 0 Å². The SMILES string of the molecule is CCCCCC(CCCC)N(C)CCN1CCN(C)CC1. The molecule has 1 fully saturated rings. The van der Waals surface area contributed by atoms with Crippen molar-refractivity contribution in [2.45, 2.75) is 64.8 Å². The lowest BCUT2D eigenvalue weighted by molar-refractivity contribution is 0.125. The van der Waals surface area contributed by atoms with Gasteiger partial charge in [0.05, 0.1) is 0 Å². The molecule has 1 atom stereocenters. The molecule has 21 heavy (non-hydrogen) atoms. The summed E-state index contributed by atoms with van der Waals surface area (Å²) < 4.78 is 0. The summed E-state index contributed by atoms with van der Waals surface area (Å²) in [6.07, 6.45) is 9.64. The molecule has 1 unspecified atom stereocenters. The highest BCUT2D eigenvalue weighted by molar-refractivity contribution is 4.74. The maximum absolute atomic E-state index is 2.64. The second-order valence-corrected chi connectivity index (χ2v) is 6.92. The number of rotatable bonds is 11. The molecule has 1 aliphatic heterocycles. The van der Waals surface area contributed by atoms with E-state index in [1.54, 1.807) is 0 Å². The van der Waals surface area contributed by atoms with Crippen molar-refractivity contribution in [3.8, 4) is 0 Å². The zero-order valence-corrected chi connectivity index (χ0v) is 15.1. The Labute approximate surface area is 133 Å². The Kier molecular flexibility index (Phi) is 10.3. The van der Waals surface area contributed by atoms with Crippen molar-refractivity contribution < 1.29 is 0 Å². The van der Waals surface area contributed by atoms with E-state index in [9.17, 15) is 0 Å². The fourth-order valence-electron chi connectivity index (χ4n) is 3.21. The summed E-state index contributed by atoms with van der Waals surface area (Å²) in [5.74, 6) is 0. The largest absolute Gasteiger partial charge is 0.304 e. The number of likely N-dealkylation sites (N-methyl/N-ethyl adjacent to an activating group) is 2. The Morgan fingerprint density at radius 1 is 0.905 bits per heavy atom. The van der Waals surface area contributed by atoms with Crippen molar-refractivity contribution in [3.63, 3.8) is 0 Å². The molecule has 1 aliphatic rings. The third-order valence-electron chi connectivity index (χ3n) is 5.02. The van der Waals surface area contributed by atoms with Crippen molar-refractivity contribution in [2.75, 3.05) is 53.4 Å². The fourth-order valence-corrected chi connectivity index (χ4v) is 3.21. The number of piperazine rings is 1. The topological polar surface area (TPSA) is 9.72 Å². The monoisotopic (exact) mass is 297 g/mol. The molecular weight excluding hydrogens is 258 g/mol. The van der Waals surface area contributed by atoms with E-state index in [4.69, 9.17) is 0 Å². The van der Waals surface area contributed by atoms with Crippen LogP contribution in [0.3, 0.4) is 0 Å². The van der Waals surface area contributed by atoms with Gasteiger partial charge in [-0.15, -0.1) is 0 Å². The second-order valence-electron chi connectivity index (χ2n) is 6.92. The average molecular weight is 298 g/mol. The van der Waals surface area contributed by atoms with Crippen LogP contribution >= 0.6 is 0 Å². The van der Waals surface area contributed by atoms with E-state index in [1.165, 1.54) is 84.2 Å². The molecule has 0 radical (unpaired) electrons. The Morgan fingerprint density at radius 3 is 2.14 bits per heavy atom. The lowest BCUT2D eigenvalue weighted by Gasteiger charge is -2.35. The zero-order chi connectivity index (χ0) is 15.5. The molecular formula is C18H39N3. The number of hydrogen-bond donors (Lipinski definition) is 0. The molecule has 0 saturated carbocycles. The average Bonchev–Trinajstić information content (AvgIpc) is 2.50. The Balaban J connectivity index is 2.27. The van der Waals surface area contributed by atoms with Crippen LogP contribution in [0.4, 0.5) is 0 Å². The van der Waals surface area contributed by atoms with Crippen molar-refractivity contribution >= 4 is 0 Å². The van der Waals surface area contributed by atoms with E-state index in [1.807, 2.05) is 0 Å². The molecule has 3 heteroatoms. The van der Waals surface area contributed by atoms with E-state index in [0.717, 1.165) is 6.04 Å². The van der Waals surface area contributed by atoms with Gasteiger partial charge in [-0.25, -0.2) is 0 Å². The van der Waals surface area contributed by atoms with Gasteiger partial charge in [0.2, 0.25) is 0 Å². The number of nitrogens with zero attached hydrogens (tertiary/aromatic N) is 3. The summed E-state index contributed by atoms with van der Waals surface area (Å²) in [4.78, 5) is 7.72. The summed E-state index contributed by atoms with van der Waals surface area (Å²) in [5, 5.41) is 0. The quantitative estimate of drug-likeness (QED) is 0.542. The van der Waals surface area contributed by atoms with Gasteiger partial charge in [0.1, 0.15) is 0 Å². The second kappa shape index (κ2) is 11.4. The van der Waals surface area contributed by atoms with Crippen molar-refractivity contribution in [1.82, 2.24) is 14.7 Å². The molecule has 0 aromatic carbocycles. The number of hydrogen-bond acceptors (Lipinski definition) is 3. The molecule has 0 amide bonds. The van der Waals surface area contributed by atoms with Gasteiger partial charge >= 0.3 is 0 Å². The summed E-state index contributed by atoms with van der Waals surface area (Å²) in [6, 6.07) is 0.809. The standard InChI is InChI=1S/C18H39N3/c1-5-7-9-11-18(10-8-6-2)20(4)14-17-21-15-12-19(3)13-16-21/h18H,5-17H2,1-4H3. The molecule has 1 saturated heterocycles. The van der Waals surface area contributed by atoms with Gasteiger partial charge in [0.25, 0.3) is 0 Å². The normalized spacial score (nSPS) is 19.3. The lowest BCUT2D eigenvalue weighted by Crippen LogP contribution is -2.47. The molecule has 1 heterocycles. The van der Waals surface area contributed by atoms with Crippen LogP contribution < -0.4 is 0 Å². The minimum atomic E-state index is 0.809. The van der Waals surface area contributed by atoms with Crippen LogP contribution in [0.1, 0.15) is 58.8 Å². The summed E-state index contributed by atoms with van der Waals surface area (Å²) in [5.41, 5.74) is 0. The predicted octanol–water partition coefficient (Wildman–Crippen LogP) is 3.30. The van der Waals surface area contributed by atoms with E-state index < -0.39 is 0 Å². The van der Waals surface area contributed by atoms with Gasteiger partial charge in [-0.1, -0.05) is 46.0 Å². The highest BCUT2D eigenvalue weighted by Gasteiger charge is 2.17. The Bertz CT molecular complexity index is 237. The molecule has 0 spiro atoms. The van der Waals surface area contributed by atoms with Gasteiger partial charge in [-0.3, -0.25) is 4.90 Å². The fraction of sp³-hybridized carbons (Fsp3) is 1.00. The van der Waals surface area contributed by atoms with E-state index >= 15 is 0 Å². The summed E-state index contributed by atoms with van der Waals surface area (Å²) >= 11 is 0. The minimum Gasteiger partial charge on any atom is -0.304 e. The van der Waals surface area contributed by atoms with Crippen LogP contribution in [0.25, 0.3) is 0 Å². The first-order chi connectivity index (χ1) is 10.2. The maximum Gasteiger partial charge on any atom is 0.0110 e. The molecule has 0 bridgehead atoms. The van der Waals surface area contributed by atoms with Crippen LogP contribution in [0, 0.1) is 0 Å². The smallest absolute Gasteiger partial charge is 0.0110 e. The third-order valence-corrected chi connectivity index (χ3v) is 5.02. The van der Waals surface area contributed by atoms with Crippen LogP contribution in [-0.2, 0) is 0 Å². The van der Waals surface area contributed by atoms with Crippen LogP contribution in [0.5, 0.6) is 0 Å². The van der Waals surface area contributed by atoms with Crippen molar-refractivity contribution in [2.24, 2.45) is 0 Å². The molecule has 0 aliphatic carbocycles. The summed E-state index contributed by atoms with van der Waals surface area (Å²) in [6.45, 7) is 12.1. The van der Waals surface area contributed by atoms with Crippen LogP contribution in [0.15, 0.2) is 0 Å². The van der Waals surface area contributed by atoms with Crippen molar-refractivity contribution in [1.29, 1.82) is 0 Å². The zero-order valence-electron chi connectivity index (χ0n) is 15.1. The first-order valence-electron chi connectivity index (χ1n) is 9.28. The first-order valence-corrected chi connectivity index (χ1v) is 9.28. The van der Waals surface area contributed by atoms with Gasteiger partial charge in [-0.2, -0.15) is 0 Å². The molecule has 1 rings (SSSR count). The molecule has 3 nitrogen and oxygen atoms in total. The minimum absolute atomic E-state index is 0.809. The lowest BCUT2D eigenvalue weighted by atomic mass is 10.0. The van der Waals surface area contributed by atoms with Crippen molar-refractivity contribution in [3.05, 3.63) is 0 Å². The highest BCUT2D eigenvalue weighted by atomic mass is 15.3.